The smallest absolute Gasteiger partial charge is 0.332 e. The molecule has 1 aromatic carbocycles. The normalized spacial score (nSPS) is 11.6. The van der Waals surface area contributed by atoms with Gasteiger partial charge in [-0.05, 0) is 57.0 Å². The molecular formula is C22H29N5O3. The van der Waals surface area contributed by atoms with E-state index in [0.717, 1.165) is 24.2 Å². The first-order valence-corrected chi connectivity index (χ1v) is 10.3. The van der Waals surface area contributed by atoms with Gasteiger partial charge in [-0.3, -0.25) is 13.9 Å². The molecule has 0 amide bonds. The molecule has 2 N–H and O–H groups in total. The highest BCUT2D eigenvalue weighted by atomic mass is 16.5. The minimum Gasteiger partial charge on any atom is -0.494 e. The first kappa shape index (κ1) is 21.6. The predicted octanol–water partition coefficient (Wildman–Crippen LogP) is 2.22. The third-order valence-electron chi connectivity index (χ3n) is 5.08. The minimum atomic E-state index is -0.326. The first-order valence-electron chi connectivity index (χ1n) is 10.3. The van der Waals surface area contributed by atoms with Crippen LogP contribution in [0.15, 0.2) is 33.9 Å². The summed E-state index contributed by atoms with van der Waals surface area (Å²) in [5.74, 6) is 1.43. The van der Waals surface area contributed by atoms with Gasteiger partial charge in [-0.25, -0.2) is 9.78 Å². The fraction of sp³-hybridized carbons (Fsp3) is 0.409. The van der Waals surface area contributed by atoms with Crippen LogP contribution in [0.5, 0.6) is 5.75 Å². The molecular weight excluding hydrogens is 382 g/mol. The van der Waals surface area contributed by atoms with Crippen LogP contribution in [0.2, 0.25) is 0 Å². The molecule has 0 saturated carbocycles. The monoisotopic (exact) mass is 411 g/mol. The van der Waals surface area contributed by atoms with E-state index < -0.39 is 0 Å². The maximum atomic E-state index is 12.8. The van der Waals surface area contributed by atoms with E-state index in [-0.39, 0.29) is 11.2 Å². The molecule has 8 nitrogen and oxygen atoms in total. The maximum absolute atomic E-state index is 12.8. The molecule has 2 aromatic heterocycles. The molecule has 0 aliphatic carbocycles. The Balaban J connectivity index is 1.88. The van der Waals surface area contributed by atoms with Gasteiger partial charge in [0.15, 0.2) is 11.2 Å². The molecule has 0 spiro atoms. The van der Waals surface area contributed by atoms with E-state index in [0.29, 0.717) is 43.2 Å². The van der Waals surface area contributed by atoms with Gasteiger partial charge in [0.1, 0.15) is 11.6 Å². The van der Waals surface area contributed by atoms with E-state index in [2.05, 4.69) is 4.98 Å². The van der Waals surface area contributed by atoms with Crippen molar-refractivity contribution in [2.24, 2.45) is 12.8 Å². The van der Waals surface area contributed by atoms with Crippen LogP contribution in [-0.2, 0) is 20.1 Å². The van der Waals surface area contributed by atoms with E-state index in [4.69, 9.17) is 10.5 Å². The zero-order chi connectivity index (χ0) is 21.7. The number of ether oxygens (including phenoxy) is 1. The standard InChI is InChI=1S/C22H29N5O3/c1-4-26-20-19(21(28)27(5-2)22(26)29)25(3)18(24-20)13-10-16-8-11-17(12-9-16)30-15-7-6-14-23/h8-13H,4-7,14-15,23H2,1-3H3. The molecule has 0 aliphatic rings. The summed E-state index contributed by atoms with van der Waals surface area (Å²) in [6.07, 6.45) is 5.66. The van der Waals surface area contributed by atoms with Crippen molar-refractivity contribution in [3.8, 4) is 5.75 Å². The van der Waals surface area contributed by atoms with E-state index in [1.807, 2.05) is 43.3 Å². The number of nitrogens with zero attached hydrogens (tertiary/aromatic N) is 4. The van der Waals surface area contributed by atoms with E-state index in [1.165, 1.54) is 9.13 Å². The van der Waals surface area contributed by atoms with Crippen LogP contribution in [0.1, 0.15) is 38.1 Å². The highest BCUT2D eigenvalue weighted by molar-refractivity contribution is 5.76. The molecule has 0 bridgehead atoms. The average molecular weight is 412 g/mol. The molecule has 3 rings (SSSR count). The Morgan fingerprint density at radius 1 is 1.03 bits per heavy atom. The van der Waals surface area contributed by atoms with Crippen LogP contribution < -0.4 is 21.7 Å². The van der Waals surface area contributed by atoms with Crippen LogP contribution in [0.3, 0.4) is 0 Å². The van der Waals surface area contributed by atoms with Crippen molar-refractivity contribution in [1.29, 1.82) is 0 Å². The van der Waals surface area contributed by atoms with Crippen molar-refractivity contribution < 1.29 is 4.74 Å². The third-order valence-corrected chi connectivity index (χ3v) is 5.08. The van der Waals surface area contributed by atoms with E-state index in [1.54, 1.807) is 18.5 Å². The zero-order valence-electron chi connectivity index (χ0n) is 17.8. The molecule has 30 heavy (non-hydrogen) atoms. The Bertz CT molecular complexity index is 1150. The number of hydrogen-bond acceptors (Lipinski definition) is 5. The highest BCUT2D eigenvalue weighted by Gasteiger charge is 2.17. The first-order chi connectivity index (χ1) is 14.5. The molecule has 0 unspecified atom stereocenters. The van der Waals surface area contributed by atoms with Crippen molar-refractivity contribution in [3.05, 3.63) is 56.5 Å². The number of hydrogen-bond donors (Lipinski definition) is 1. The maximum Gasteiger partial charge on any atom is 0.332 e. The van der Waals surface area contributed by atoms with Gasteiger partial charge in [0, 0.05) is 20.1 Å². The van der Waals surface area contributed by atoms with E-state index in [9.17, 15) is 9.59 Å². The Hall–Kier alpha value is -3.13. The number of nitrogens with two attached hydrogens (primary N) is 1. The molecule has 3 aromatic rings. The molecule has 160 valence electrons. The number of unbranched alkanes of at least 4 members (excludes halogenated alkanes) is 1. The quantitative estimate of drug-likeness (QED) is 0.545. The summed E-state index contributed by atoms with van der Waals surface area (Å²) in [5, 5.41) is 0. The summed E-state index contributed by atoms with van der Waals surface area (Å²) in [5.41, 5.74) is 6.68. The van der Waals surface area contributed by atoms with Gasteiger partial charge in [0.2, 0.25) is 0 Å². The third kappa shape index (κ3) is 4.23. The Morgan fingerprint density at radius 2 is 1.73 bits per heavy atom. The highest BCUT2D eigenvalue weighted by Crippen LogP contribution is 2.16. The number of fused-ring (bicyclic) bond motifs is 1. The molecule has 0 aliphatic heterocycles. The molecule has 0 radical (unpaired) electrons. The lowest BCUT2D eigenvalue weighted by Gasteiger charge is -2.08. The van der Waals surface area contributed by atoms with Crippen LogP contribution in [0.4, 0.5) is 0 Å². The Morgan fingerprint density at radius 3 is 2.37 bits per heavy atom. The number of rotatable bonds is 9. The number of benzene rings is 1. The van der Waals surface area contributed by atoms with E-state index >= 15 is 0 Å². The van der Waals surface area contributed by atoms with Crippen molar-refractivity contribution in [1.82, 2.24) is 18.7 Å². The second kappa shape index (κ2) is 9.58. The van der Waals surface area contributed by atoms with Gasteiger partial charge >= 0.3 is 5.69 Å². The molecule has 0 atom stereocenters. The van der Waals surface area contributed by atoms with Crippen molar-refractivity contribution >= 4 is 23.3 Å². The van der Waals surface area contributed by atoms with Crippen LogP contribution in [0.25, 0.3) is 23.3 Å². The topological polar surface area (TPSA) is 97.1 Å². The summed E-state index contributed by atoms with van der Waals surface area (Å²) in [6.45, 7) is 5.76. The van der Waals surface area contributed by atoms with Gasteiger partial charge in [-0.2, -0.15) is 0 Å². The van der Waals surface area contributed by atoms with Crippen molar-refractivity contribution in [3.63, 3.8) is 0 Å². The van der Waals surface area contributed by atoms with Crippen LogP contribution in [0, 0.1) is 0 Å². The van der Waals surface area contributed by atoms with Gasteiger partial charge in [0.25, 0.3) is 5.56 Å². The predicted molar refractivity (Wildman–Crippen MR) is 120 cm³/mol. The molecule has 0 saturated heterocycles. The largest absolute Gasteiger partial charge is 0.494 e. The number of imidazole rings is 1. The fourth-order valence-corrected chi connectivity index (χ4v) is 3.37. The number of aryl methyl sites for hydroxylation is 2. The van der Waals surface area contributed by atoms with Gasteiger partial charge in [-0.1, -0.05) is 18.2 Å². The van der Waals surface area contributed by atoms with Crippen molar-refractivity contribution in [2.45, 2.75) is 39.8 Å². The number of aromatic nitrogens is 4. The van der Waals surface area contributed by atoms with Crippen molar-refractivity contribution in [2.75, 3.05) is 13.2 Å². The van der Waals surface area contributed by atoms with Crippen LogP contribution >= 0.6 is 0 Å². The molecule has 8 heteroatoms. The van der Waals surface area contributed by atoms with Crippen LogP contribution in [-0.4, -0.2) is 31.8 Å². The Labute approximate surface area is 175 Å². The summed E-state index contributed by atoms with van der Waals surface area (Å²) >= 11 is 0. The lowest BCUT2D eigenvalue weighted by molar-refractivity contribution is 0.308. The second-order valence-electron chi connectivity index (χ2n) is 7.02. The summed E-state index contributed by atoms with van der Waals surface area (Å²) in [4.78, 5) is 29.9. The lowest BCUT2D eigenvalue weighted by atomic mass is 10.2. The SMILES string of the molecule is CCn1c(=O)c2c(nc(C=Cc3ccc(OCCCCN)cc3)n2C)n(CC)c1=O. The minimum absolute atomic E-state index is 0.312. The fourth-order valence-electron chi connectivity index (χ4n) is 3.37. The summed E-state index contributed by atoms with van der Waals surface area (Å²) in [6, 6.07) is 7.77. The lowest BCUT2D eigenvalue weighted by Crippen LogP contribution is -2.39. The van der Waals surface area contributed by atoms with Gasteiger partial charge in [-0.15, -0.1) is 0 Å². The Kier molecular flexibility index (Phi) is 6.89. The second-order valence-corrected chi connectivity index (χ2v) is 7.02. The van der Waals surface area contributed by atoms with Gasteiger partial charge in [0.05, 0.1) is 6.61 Å². The zero-order valence-corrected chi connectivity index (χ0v) is 17.8. The molecule has 0 fully saturated rings. The molecule has 2 heterocycles. The summed E-state index contributed by atoms with van der Waals surface area (Å²) in [7, 11) is 1.79. The summed E-state index contributed by atoms with van der Waals surface area (Å²) < 4.78 is 10.2. The average Bonchev–Trinajstić information content (AvgIpc) is 3.07. The van der Waals surface area contributed by atoms with Gasteiger partial charge < -0.3 is 15.0 Å².